The Morgan fingerprint density at radius 2 is 1.97 bits per heavy atom. The third kappa shape index (κ3) is 5.56. The molecule has 0 aliphatic carbocycles. The van der Waals surface area contributed by atoms with Gasteiger partial charge in [0.15, 0.2) is 5.82 Å². The van der Waals surface area contributed by atoms with E-state index in [1.165, 1.54) is 4.68 Å². The summed E-state index contributed by atoms with van der Waals surface area (Å²) in [6.07, 6.45) is 4.97. The van der Waals surface area contributed by atoms with Crippen LogP contribution >= 0.6 is 11.6 Å². The molecule has 0 saturated heterocycles. The molecule has 31 heavy (non-hydrogen) atoms. The predicted molar refractivity (Wildman–Crippen MR) is 122 cm³/mol. The number of aromatic nitrogens is 2. The first-order valence-electron chi connectivity index (χ1n) is 9.65. The lowest BCUT2D eigenvalue weighted by molar-refractivity contribution is 0.0501. The smallest absolute Gasteiger partial charge is 0.408 e. The summed E-state index contributed by atoms with van der Waals surface area (Å²) >= 11 is 6.10. The van der Waals surface area contributed by atoms with E-state index in [9.17, 15) is 9.59 Å². The third-order valence-corrected chi connectivity index (χ3v) is 4.43. The number of anilines is 1. The van der Waals surface area contributed by atoms with Crippen LogP contribution in [0.25, 0.3) is 10.9 Å². The number of nitrogens with one attached hydrogen (secondary N) is 2. The SMILES string of the molecule is C#CCC(NC(=O)OC(C)(C)C)c1nc2cc(Cl)ccc2c(=O)n1Nc1ccccc1. The van der Waals surface area contributed by atoms with Crippen LogP contribution in [0.5, 0.6) is 0 Å². The molecular weight excluding hydrogens is 416 g/mol. The number of hydrogen-bond acceptors (Lipinski definition) is 5. The van der Waals surface area contributed by atoms with Crippen molar-refractivity contribution in [3.63, 3.8) is 0 Å². The molecule has 8 heteroatoms. The number of carbonyl (C=O) groups is 1. The summed E-state index contributed by atoms with van der Waals surface area (Å²) in [5.41, 5.74) is 3.06. The van der Waals surface area contributed by atoms with Crippen LogP contribution in [-0.2, 0) is 4.74 Å². The number of alkyl carbamates (subject to hydrolysis) is 1. The van der Waals surface area contributed by atoms with Gasteiger partial charge in [-0.3, -0.25) is 10.2 Å². The zero-order valence-corrected chi connectivity index (χ0v) is 18.2. The van der Waals surface area contributed by atoms with Crippen molar-refractivity contribution >= 4 is 34.3 Å². The van der Waals surface area contributed by atoms with Crippen molar-refractivity contribution in [3.05, 3.63) is 69.7 Å². The minimum absolute atomic E-state index is 0.0915. The number of benzene rings is 2. The maximum absolute atomic E-state index is 13.3. The lowest BCUT2D eigenvalue weighted by Crippen LogP contribution is -2.39. The molecule has 0 aliphatic heterocycles. The number of carbonyl (C=O) groups excluding carboxylic acids is 1. The molecule has 1 amide bonds. The standard InChI is InChI=1S/C23H23ClN4O3/c1-5-9-18(26-22(30)31-23(2,3)4)20-25-19-14-15(24)12-13-17(19)21(29)28(20)27-16-10-7-6-8-11-16/h1,6-8,10-14,18,27H,9H2,2-4H3,(H,26,30). The van der Waals surface area contributed by atoms with Gasteiger partial charge < -0.3 is 10.1 Å². The number of fused-ring (bicyclic) bond motifs is 1. The summed E-state index contributed by atoms with van der Waals surface area (Å²) in [5, 5.41) is 3.53. The van der Waals surface area contributed by atoms with Crippen LogP contribution in [0.15, 0.2) is 53.3 Å². The Hall–Kier alpha value is -3.50. The van der Waals surface area contributed by atoms with Crippen LogP contribution in [0, 0.1) is 12.3 Å². The topological polar surface area (TPSA) is 85.2 Å². The quantitative estimate of drug-likeness (QED) is 0.572. The molecule has 3 rings (SSSR count). The minimum Gasteiger partial charge on any atom is -0.444 e. The second-order valence-electron chi connectivity index (χ2n) is 7.86. The first kappa shape index (κ1) is 22.2. The largest absolute Gasteiger partial charge is 0.444 e. The highest BCUT2D eigenvalue weighted by atomic mass is 35.5. The first-order valence-corrected chi connectivity index (χ1v) is 10.0. The van der Waals surface area contributed by atoms with Gasteiger partial charge in [0.05, 0.1) is 16.6 Å². The summed E-state index contributed by atoms with van der Waals surface area (Å²) in [5.74, 6) is 2.75. The Kier molecular flexibility index (Phi) is 6.52. The van der Waals surface area contributed by atoms with E-state index in [-0.39, 0.29) is 17.8 Å². The summed E-state index contributed by atoms with van der Waals surface area (Å²) in [6.45, 7) is 5.27. The number of halogens is 1. The maximum atomic E-state index is 13.3. The molecule has 0 aliphatic rings. The van der Waals surface area contributed by atoms with Gasteiger partial charge in [0.1, 0.15) is 11.6 Å². The van der Waals surface area contributed by atoms with Crippen LogP contribution in [-0.4, -0.2) is 21.4 Å². The van der Waals surface area contributed by atoms with Gasteiger partial charge in [-0.1, -0.05) is 29.8 Å². The number of ether oxygens (including phenoxy) is 1. The molecule has 2 aromatic carbocycles. The van der Waals surface area contributed by atoms with Crippen LogP contribution in [0.1, 0.15) is 39.1 Å². The number of terminal acetylenes is 1. The van der Waals surface area contributed by atoms with E-state index in [2.05, 4.69) is 21.6 Å². The molecule has 1 atom stereocenters. The molecule has 0 bridgehead atoms. The second-order valence-corrected chi connectivity index (χ2v) is 8.29. The van der Waals surface area contributed by atoms with E-state index < -0.39 is 17.7 Å². The van der Waals surface area contributed by atoms with Crippen molar-refractivity contribution in [2.75, 3.05) is 5.43 Å². The van der Waals surface area contributed by atoms with E-state index in [1.54, 1.807) is 51.1 Å². The van der Waals surface area contributed by atoms with Gasteiger partial charge in [-0.15, -0.1) is 12.3 Å². The van der Waals surface area contributed by atoms with Gasteiger partial charge in [0.2, 0.25) is 0 Å². The fourth-order valence-corrected chi connectivity index (χ4v) is 3.10. The summed E-state index contributed by atoms with van der Waals surface area (Å²) in [6, 6.07) is 13.2. The second kappa shape index (κ2) is 9.11. The molecule has 7 nitrogen and oxygen atoms in total. The molecule has 2 N–H and O–H groups in total. The predicted octanol–water partition coefficient (Wildman–Crippen LogP) is 4.51. The minimum atomic E-state index is -0.785. The summed E-state index contributed by atoms with van der Waals surface area (Å²) in [4.78, 5) is 30.4. The number of hydrogen-bond donors (Lipinski definition) is 2. The Bertz CT molecular complexity index is 1190. The Morgan fingerprint density at radius 3 is 2.61 bits per heavy atom. The normalized spacial score (nSPS) is 12.1. The zero-order valence-electron chi connectivity index (χ0n) is 17.5. The number of amides is 1. The van der Waals surface area contributed by atoms with Gasteiger partial charge in [0, 0.05) is 11.4 Å². The van der Waals surface area contributed by atoms with Crippen molar-refractivity contribution in [1.82, 2.24) is 15.0 Å². The molecule has 0 fully saturated rings. The van der Waals surface area contributed by atoms with Crippen LogP contribution in [0.2, 0.25) is 5.02 Å². The molecule has 1 unspecified atom stereocenters. The molecule has 160 valence electrons. The van der Waals surface area contributed by atoms with Crippen molar-refractivity contribution in [2.45, 2.75) is 38.8 Å². The molecule has 1 heterocycles. The fraction of sp³-hybridized carbons (Fsp3) is 0.261. The average molecular weight is 439 g/mol. The van der Waals surface area contributed by atoms with E-state index >= 15 is 0 Å². The van der Waals surface area contributed by atoms with E-state index in [0.29, 0.717) is 21.6 Å². The Labute approximate surface area is 185 Å². The van der Waals surface area contributed by atoms with Gasteiger partial charge in [-0.05, 0) is 51.1 Å². The molecule has 3 aromatic rings. The highest BCUT2D eigenvalue weighted by molar-refractivity contribution is 6.31. The number of para-hydroxylation sites is 1. The zero-order chi connectivity index (χ0) is 22.6. The van der Waals surface area contributed by atoms with E-state index in [4.69, 9.17) is 22.8 Å². The van der Waals surface area contributed by atoms with Crippen LogP contribution in [0.3, 0.4) is 0 Å². The van der Waals surface area contributed by atoms with Crippen molar-refractivity contribution in [2.24, 2.45) is 0 Å². The maximum Gasteiger partial charge on any atom is 0.408 e. The highest BCUT2D eigenvalue weighted by Crippen LogP contribution is 2.21. The molecule has 1 aromatic heterocycles. The van der Waals surface area contributed by atoms with Gasteiger partial charge in [0.25, 0.3) is 5.56 Å². The summed E-state index contributed by atoms with van der Waals surface area (Å²) in [7, 11) is 0. The molecule has 0 radical (unpaired) electrons. The van der Waals surface area contributed by atoms with Crippen molar-refractivity contribution < 1.29 is 9.53 Å². The van der Waals surface area contributed by atoms with Gasteiger partial charge >= 0.3 is 6.09 Å². The Balaban J connectivity index is 2.14. The summed E-state index contributed by atoms with van der Waals surface area (Å²) < 4.78 is 6.64. The van der Waals surface area contributed by atoms with Crippen LogP contribution < -0.4 is 16.3 Å². The van der Waals surface area contributed by atoms with E-state index in [1.807, 2.05) is 18.2 Å². The van der Waals surface area contributed by atoms with E-state index in [0.717, 1.165) is 0 Å². The van der Waals surface area contributed by atoms with Crippen molar-refractivity contribution in [3.8, 4) is 12.3 Å². The lowest BCUT2D eigenvalue weighted by Gasteiger charge is -2.24. The Morgan fingerprint density at radius 1 is 1.26 bits per heavy atom. The fourth-order valence-electron chi connectivity index (χ4n) is 2.93. The van der Waals surface area contributed by atoms with Crippen molar-refractivity contribution in [1.29, 1.82) is 0 Å². The molecule has 0 spiro atoms. The highest BCUT2D eigenvalue weighted by Gasteiger charge is 2.25. The number of nitrogens with zero attached hydrogens (tertiary/aromatic N) is 2. The monoisotopic (exact) mass is 438 g/mol. The molecular formula is C23H23ClN4O3. The lowest BCUT2D eigenvalue weighted by atomic mass is 10.1. The van der Waals surface area contributed by atoms with Gasteiger partial charge in [-0.25, -0.2) is 14.5 Å². The average Bonchev–Trinajstić information content (AvgIpc) is 2.69. The number of rotatable bonds is 5. The van der Waals surface area contributed by atoms with Gasteiger partial charge in [-0.2, -0.15) is 0 Å². The first-order chi connectivity index (χ1) is 14.7. The van der Waals surface area contributed by atoms with Crippen LogP contribution in [0.4, 0.5) is 10.5 Å². The molecule has 0 saturated carbocycles. The third-order valence-electron chi connectivity index (χ3n) is 4.20.